The zero-order valence-corrected chi connectivity index (χ0v) is 15.2. The first-order chi connectivity index (χ1) is 11.0. The molecule has 4 nitrogen and oxygen atoms in total. The minimum atomic E-state index is -0.699. The highest BCUT2D eigenvalue weighted by molar-refractivity contribution is 9.10. The maximum Gasteiger partial charge on any atom is 0.280 e. The van der Waals surface area contributed by atoms with Crippen molar-refractivity contribution in [3.63, 3.8) is 0 Å². The van der Waals surface area contributed by atoms with Crippen molar-refractivity contribution in [2.75, 3.05) is 0 Å². The number of benzene rings is 2. The molecule has 0 spiro atoms. The third kappa shape index (κ3) is 5.23. The van der Waals surface area contributed by atoms with E-state index >= 15 is 0 Å². The lowest BCUT2D eigenvalue weighted by Crippen LogP contribution is -2.33. The number of hydrogen-bond acceptors (Lipinski definition) is 3. The van der Waals surface area contributed by atoms with Gasteiger partial charge >= 0.3 is 0 Å². The average Bonchev–Trinajstić information content (AvgIpc) is 2.52. The van der Waals surface area contributed by atoms with Gasteiger partial charge in [0.2, 0.25) is 0 Å². The SMILES string of the molecule is C[C@@H](Oc1ccc(Br)cc1)C(=O)N/N=C\c1c(Cl)cccc1Cl. The number of amides is 1. The summed E-state index contributed by atoms with van der Waals surface area (Å²) in [6.07, 6.45) is 0.699. The van der Waals surface area contributed by atoms with Crippen LogP contribution in [-0.2, 0) is 4.79 Å². The van der Waals surface area contributed by atoms with Gasteiger partial charge in [0.1, 0.15) is 5.75 Å². The lowest BCUT2D eigenvalue weighted by molar-refractivity contribution is -0.127. The van der Waals surface area contributed by atoms with Crippen molar-refractivity contribution in [2.24, 2.45) is 5.10 Å². The van der Waals surface area contributed by atoms with Crippen molar-refractivity contribution < 1.29 is 9.53 Å². The van der Waals surface area contributed by atoms with Crippen LogP contribution in [0.2, 0.25) is 10.0 Å². The molecular weight excluding hydrogens is 403 g/mol. The largest absolute Gasteiger partial charge is 0.481 e. The third-order valence-corrected chi connectivity index (χ3v) is 4.05. The predicted octanol–water partition coefficient (Wildman–Crippen LogP) is 4.67. The van der Waals surface area contributed by atoms with E-state index in [0.29, 0.717) is 21.4 Å². The average molecular weight is 416 g/mol. The van der Waals surface area contributed by atoms with Crippen LogP contribution in [0.1, 0.15) is 12.5 Å². The lowest BCUT2D eigenvalue weighted by atomic mass is 10.2. The van der Waals surface area contributed by atoms with Gasteiger partial charge in [-0.2, -0.15) is 5.10 Å². The number of halogens is 3. The van der Waals surface area contributed by atoms with Crippen molar-refractivity contribution in [1.29, 1.82) is 0 Å². The summed E-state index contributed by atoms with van der Waals surface area (Å²) in [5, 5.41) is 4.77. The molecule has 0 unspecified atom stereocenters. The maximum absolute atomic E-state index is 11.9. The van der Waals surface area contributed by atoms with Crippen LogP contribution in [0.3, 0.4) is 0 Å². The summed E-state index contributed by atoms with van der Waals surface area (Å²) in [6.45, 7) is 1.63. The molecule has 0 bridgehead atoms. The standard InChI is InChI=1S/C16H13BrCl2N2O2/c1-10(23-12-7-5-11(17)6-8-12)16(22)21-20-9-13-14(18)3-2-4-15(13)19/h2-10H,1H3,(H,21,22)/b20-9-/t10-/m1/s1. The van der Waals surface area contributed by atoms with Gasteiger partial charge in [-0.15, -0.1) is 0 Å². The van der Waals surface area contributed by atoms with Crippen LogP contribution in [0.4, 0.5) is 0 Å². The monoisotopic (exact) mass is 414 g/mol. The molecule has 120 valence electrons. The van der Waals surface area contributed by atoms with Crippen LogP contribution in [0.5, 0.6) is 5.75 Å². The normalized spacial score (nSPS) is 12.2. The van der Waals surface area contributed by atoms with Gasteiger partial charge in [0, 0.05) is 10.0 Å². The fourth-order valence-corrected chi connectivity index (χ4v) is 2.42. The van der Waals surface area contributed by atoms with Gasteiger partial charge in [0.25, 0.3) is 5.91 Å². The molecule has 0 aliphatic heterocycles. The van der Waals surface area contributed by atoms with Gasteiger partial charge in [-0.1, -0.05) is 45.2 Å². The molecule has 1 atom stereocenters. The van der Waals surface area contributed by atoms with E-state index in [1.165, 1.54) is 6.21 Å². The van der Waals surface area contributed by atoms with Crippen LogP contribution in [0.25, 0.3) is 0 Å². The smallest absolute Gasteiger partial charge is 0.280 e. The molecule has 0 heterocycles. The van der Waals surface area contributed by atoms with Crippen molar-refractivity contribution in [1.82, 2.24) is 5.43 Å². The molecule has 0 radical (unpaired) electrons. The number of carbonyl (C=O) groups excluding carboxylic acids is 1. The molecule has 1 amide bonds. The van der Waals surface area contributed by atoms with E-state index in [0.717, 1.165) is 4.47 Å². The van der Waals surface area contributed by atoms with E-state index in [-0.39, 0.29) is 5.91 Å². The molecular formula is C16H13BrCl2N2O2. The van der Waals surface area contributed by atoms with Crippen molar-refractivity contribution >= 4 is 51.3 Å². The number of hydrazone groups is 1. The quantitative estimate of drug-likeness (QED) is 0.569. The van der Waals surface area contributed by atoms with E-state index in [1.807, 2.05) is 12.1 Å². The fourth-order valence-electron chi connectivity index (χ4n) is 1.66. The second-order valence-electron chi connectivity index (χ2n) is 4.58. The van der Waals surface area contributed by atoms with Crippen LogP contribution in [0, 0.1) is 0 Å². The Labute approximate surface area is 152 Å². The Balaban J connectivity index is 1.93. The van der Waals surface area contributed by atoms with Gasteiger partial charge in [-0.05, 0) is 43.3 Å². The zero-order chi connectivity index (χ0) is 16.8. The number of nitrogens with one attached hydrogen (secondary N) is 1. The highest BCUT2D eigenvalue weighted by Gasteiger charge is 2.14. The zero-order valence-electron chi connectivity index (χ0n) is 12.1. The summed E-state index contributed by atoms with van der Waals surface area (Å²) in [5.74, 6) is 0.210. The Kier molecular flexibility index (Phi) is 6.45. The highest BCUT2D eigenvalue weighted by atomic mass is 79.9. The molecule has 0 aliphatic rings. The minimum Gasteiger partial charge on any atom is -0.481 e. The van der Waals surface area contributed by atoms with Gasteiger partial charge in [0.05, 0.1) is 16.3 Å². The molecule has 0 fully saturated rings. The maximum atomic E-state index is 11.9. The third-order valence-electron chi connectivity index (χ3n) is 2.86. The van der Waals surface area contributed by atoms with E-state index < -0.39 is 6.10 Å². The molecule has 1 N–H and O–H groups in total. The Morgan fingerprint density at radius 3 is 2.43 bits per heavy atom. The summed E-state index contributed by atoms with van der Waals surface area (Å²) in [5.41, 5.74) is 2.94. The summed E-state index contributed by atoms with van der Waals surface area (Å²) >= 11 is 15.4. The van der Waals surface area contributed by atoms with E-state index in [9.17, 15) is 4.79 Å². The van der Waals surface area contributed by atoms with Crippen LogP contribution < -0.4 is 10.2 Å². The van der Waals surface area contributed by atoms with Gasteiger partial charge in [0.15, 0.2) is 6.10 Å². The van der Waals surface area contributed by atoms with E-state index in [4.69, 9.17) is 27.9 Å². The fraction of sp³-hybridized carbons (Fsp3) is 0.125. The lowest BCUT2D eigenvalue weighted by Gasteiger charge is -2.12. The number of nitrogens with zero attached hydrogens (tertiary/aromatic N) is 1. The number of ether oxygens (including phenoxy) is 1. The Morgan fingerprint density at radius 2 is 1.83 bits per heavy atom. The van der Waals surface area contributed by atoms with Crippen LogP contribution >= 0.6 is 39.1 Å². The molecule has 0 saturated heterocycles. The summed E-state index contributed by atoms with van der Waals surface area (Å²) in [6, 6.07) is 12.3. The molecule has 7 heteroatoms. The number of rotatable bonds is 5. The molecule has 0 saturated carbocycles. The number of carbonyl (C=O) groups is 1. The Morgan fingerprint density at radius 1 is 1.22 bits per heavy atom. The molecule has 2 aromatic carbocycles. The minimum absolute atomic E-state index is 0.382. The first-order valence-electron chi connectivity index (χ1n) is 6.66. The summed E-state index contributed by atoms with van der Waals surface area (Å²) in [4.78, 5) is 11.9. The van der Waals surface area contributed by atoms with Crippen molar-refractivity contribution in [2.45, 2.75) is 13.0 Å². The van der Waals surface area contributed by atoms with Crippen molar-refractivity contribution in [3.8, 4) is 5.75 Å². The highest BCUT2D eigenvalue weighted by Crippen LogP contribution is 2.22. The van der Waals surface area contributed by atoms with Crippen LogP contribution in [0.15, 0.2) is 52.0 Å². The summed E-state index contributed by atoms with van der Waals surface area (Å²) < 4.78 is 6.46. The molecule has 23 heavy (non-hydrogen) atoms. The molecule has 0 aliphatic carbocycles. The Bertz CT molecular complexity index is 700. The Hall–Kier alpha value is -1.56. The van der Waals surface area contributed by atoms with Gasteiger partial charge in [-0.25, -0.2) is 5.43 Å². The second-order valence-corrected chi connectivity index (χ2v) is 6.31. The number of hydrogen-bond donors (Lipinski definition) is 1. The molecule has 2 aromatic rings. The first-order valence-corrected chi connectivity index (χ1v) is 8.21. The topological polar surface area (TPSA) is 50.7 Å². The second kappa shape index (κ2) is 8.34. The van der Waals surface area contributed by atoms with Crippen LogP contribution in [-0.4, -0.2) is 18.2 Å². The van der Waals surface area contributed by atoms with Crippen molar-refractivity contribution in [3.05, 3.63) is 62.5 Å². The van der Waals surface area contributed by atoms with Gasteiger partial charge < -0.3 is 4.74 Å². The summed E-state index contributed by atoms with van der Waals surface area (Å²) in [7, 11) is 0. The first kappa shape index (κ1) is 17.8. The van der Waals surface area contributed by atoms with E-state index in [2.05, 4.69) is 26.5 Å². The predicted molar refractivity (Wildman–Crippen MR) is 96.4 cm³/mol. The van der Waals surface area contributed by atoms with Gasteiger partial charge in [-0.3, -0.25) is 4.79 Å². The molecule has 0 aromatic heterocycles. The van der Waals surface area contributed by atoms with E-state index in [1.54, 1.807) is 37.3 Å². The molecule has 2 rings (SSSR count).